The summed E-state index contributed by atoms with van der Waals surface area (Å²) in [5, 5.41) is 10.7. The lowest BCUT2D eigenvalue weighted by Gasteiger charge is -2.10. The van der Waals surface area contributed by atoms with E-state index in [9.17, 15) is 0 Å². The second-order valence-electron chi connectivity index (χ2n) is 4.42. The number of aliphatic imine (C=N–C) groups is 1. The molecule has 0 atom stereocenters. The molecule has 0 saturated carbocycles. The molecule has 1 rings (SSSR count). The van der Waals surface area contributed by atoms with Gasteiger partial charge in [0.05, 0.1) is 7.11 Å². The fourth-order valence-corrected chi connectivity index (χ4v) is 1.50. The maximum Gasteiger partial charge on any atom is 0.184 e. The molecule has 0 aliphatic carbocycles. The molecule has 2 N–H and O–H groups in total. The van der Waals surface area contributed by atoms with Crippen LogP contribution in [0.15, 0.2) is 35.0 Å². The maximum absolute atomic E-state index is 7.41. The number of hydrogen-bond donors (Lipinski definition) is 2. The summed E-state index contributed by atoms with van der Waals surface area (Å²) in [6, 6.07) is 6.01. The average molecular weight is 259 g/mol. The second kappa shape index (κ2) is 7.36. The molecule has 1 aromatic rings. The highest BCUT2D eigenvalue weighted by Crippen LogP contribution is 2.15. The van der Waals surface area contributed by atoms with Crippen LogP contribution in [0.1, 0.15) is 25.0 Å². The minimum absolute atomic E-state index is 0.634. The summed E-state index contributed by atoms with van der Waals surface area (Å²) in [6.45, 7) is 6.51. The van der Waals surface area contributed by atoms with Crippen LogP contribution in [0.25, 0.3) is 0 Å². The molecule has 0 aliphatic rings. The Balaban J connectivity index is 2.69. The van der Waals surface area contributed by atoms with Gasteiger partial charge in [0.15, 0.2) is 5.90 Å². The van der Waals surface area contributed by atoms with Crippen LogP contribution in [0, 0.1) is 12.3 Å². The second-order valence-corrected chi connectivity index (χ2v) is 4.42. The number of methoxy groups -OCH3 is 1. The highest BCUT2D eigenvalue weighted by atomic mass is 16.5. The Kier molecular flexibility index (Phi) is 5.79. The zero-order chi connectivity index (χ0) is 14.3. The molecule has 0 saturated heterocycles. The van der Waals surface area contributed by atoms with Crippen molar-refractivity contribution in [1.82, 2.24) is 0 Å². The molecule has 4 heteroatoms. The van der Waals surface area contributed by atoms with Gasteiger partial charge in [-0.2, -0.15) is 0 Å². The standard InChI is InChI=1S/C15H21N3O/c1-11-5-6-15(14(7-11)8-16)18-10-12(2)9-17-13(3)19-4/h5-9,16,18H,10H2,1-4H3/b12-9+,16-8?,17-13?. The number of rotatable bonds is 5. The Labute approximate surface area is 114 Å². The number of nitrogens with zero attached hydrogens (tertiary/aromatic N) is 1. The molecular formula is C15H21N3O. The SMILES string of the molecule is COC(C)=N/C=C(\C)CNc1ccc(C)cc1C=N. The van der Waals surface area contributed by atoms with Crippen molar-refractivity contribution < 1.29 is 4.74 Å². The van der Waals surface area contributed by atoms with E-state index in [0.29, 0.717) is 12.4 Å². The fourth-order valence-electron chi connectivity index (χ4n) is 1.50. The van der Waals surface area contributed by atoms with Crippen molar-refractivity contribution in [2.75, 3.05) is 19.0 Å². The van der Waals surface area contributed by atoms with Gasteiger partial charge in [0.1, 0.15) is 0 Å². The minimum Gasteiger partial charge on any atom is -0.484 e. The number of benzene rings is 1. The number of ether oxygens (including phenoxy) is 1. The first kappa shape index (κ1) is 15.0. The minimum atomic E-state index is 0.634. The van der Waals surface area contributed by atoms with Crippen molar-refractivity contribution in [2.45, 2.75) is 20.8 Å². The van der Waals surface area contributed by atoms with E-state index in [-0.39, 0.29) is 0 Å². The largest absolute Gasteiger partial charge is 0.484 e. The Hall–Kier alpha value is -2.10. The monoisotopic (exact) mass is 259 g/mol. The van der Waals surface area contributed by atoms with E-state index in [1.54, 1.807) is 13.3 Å². The van der Waals surface area contributed by atoms with Gasteiger partial charge in [0.25, 0.3) is 0 Å². The van der Waals surface area contributed by atoms with Gasteiger partial charge >= 0.3 is 0 Å². The molecule has 0 amide bonds. The van der Waals surface area contributed by atoms with Crippen LogP contribution < -0.4 is 5.32 Å². The van der Waals surface area contributed by atoms with E-state index in [2.05, 4.69) is 10.3 Å². The molecule has 0 radical (unpaired) electrons. The van der Waals surface area contributed by atoms with Gasteiger partial charge in [-0.15, -0.1) is 0 Å². The molecule has 0 aromatic heterocycles. The van der Waals surface area contributed by atoms with Gasteiger partial charge in [0.2, 0.25) is 0 Å². The third-order valence-corrected chi connectivity index (χ3v) is 2.68. The number of aryl methyl sites for hydroxylation is 1. The van der Waals surface area contributed by atoms with Gasteiger partial charge in [0, 0.05) is 37.1 Å². The molecule has 0 heterocycles. The Bertz CT molecular complexity index is 504. The highest BCUT2D eigenvalue weighted by Gasteiger charge is 2.00. The topological polar surface area (TPSA) is 57.5 Å². The van der Waals surface area contributed by atoms with Crippen molar-refractivity contribution in [3.8, 4) is 0 Å². The summed E-state index contributed by atoms with van der Waals surface area (Å²) in [4.78, 5) is 4.16. The van der Waals surface area contributed by atoms with E-state index in [0.717, 1.165) is 22.4 Å². The molecule has 0 fully saturated rings. The Morgan fingerprint density at radius 3 is 2.79 bits per heavy atom. The molecule has 1 aromatic carbocycles. The van der Waals surface area contributed by atoms with Crippen LogP contribution in [-0.4, -0.2) is 25.8 Å². The molecule has 4 nitrogen and oxygen atoms in total. The van der Waals surface area contributed by atoms with Gasteiger partial charge < -0.3 is 15.5 Å². The summed E-state index contributed by atoms with van der Waals surface area (Å²) in [5.74, 6) is 0.634. The first-order valence-corrected chi connectivity index (χ1v) is 6.16. The van der Waals surface area contributed by atoms with Crippen molar-refractivity contribution in [1.29, 1.82) is 5.41 Å². The fraction of sp³-hybridized carbons (Fsp3) is 0.333. The molecule has 0 unspecified atom stereocenters. The van der Waals surface area contributed by atoms with Gasteiger partial charge in [-0.05, 0) is 31.6 Å². The van der Waals surface area contributed by atoms with E-state index in [4.69, 9.17) is 10.1 Å². The van der Waals surface area contributed by atoms with Crippen LogP contribution in [0.4, 0.5) is 5.69 Å². The predicted octanol–water partition coefficient (Wildman–Crippen LogP) is 3.37. The normalized spacial score (nSPS) is 12.2. The third kappa shape index (κ3) is 4.95. The molecule has 102 valence electrons. The lowest BCUT2D eigenvalue weighted by molar-refractivity contribution is 0.400. The summed E-state index contributed by atoms with van der Waals surface area (Å²) in [6.07, 6.45) is 3.14. The van der Waals surface area contributed by atoms with Crippen molar-refractivity contribution in [2.24, 2.45) is 4.99 Å². The van der Waals surface area contributed by atoms with Crippen LogP contribution in [0.5, 0.6) is 0 Å². The highest BCUT2D eigenvalue weighted by molar-refractivity contribution is 5.86. The summed E-state index contributed by atoms with van der Waals surface area (Å²) in [5.41, 5.74) is 4.09. The Morgan fingerprint density at radius 2 is 2.16 bits per heavy atom. The first-order chi connectivity index (χ1) is 9.06. The van der Waals surface area contributed by atoms with E-state index in [1.807, 2.05) is 39.0 Å². The van der Waals surface area contributed by atoms with Gasteiger partial charge in [-0.3, -0.25) is 0 Å². The molecular weight excluding hydrogens is 238 g/mol. The zero-order valence-electron chi connectivity index (χ0n) is 11.9. The zero-order valence-corrected chi connectivity index (χ0v) is 11.9. The summed E-state index contributed by atoms with van der Waals surface area (Å²) >= 11 is 0. The van der Waals surface area contributed by atoms with Crippen LogP contribution in [0.2, 0.25) is 0 Å². The third-order valence-electron chi connectivity index (χ3n) is 2.68. The van der Waals surface area contributed by atoms with E-state index < -0.39 is 0 Å². The number of anilines is 1. The lowest BCUT2D eigenvalue weighted by atomic mass is 10.1. The van der Waals surface area contributed by atoms with Crippen LogP contribution in [0.3, 0.4) is 0 Å². The predicted molar refractivity (Wildman–Crippen MR) is 81.4 cm³/mol. The molecule has 19 heavy (non-hydrogen) atoms. The molecule has 0 spiro atoms. The average Bonchev–Trinajstić information content (AvgIpc) is 2.43. The van der Waals surface area contributed by atoms with Gasteiger partial charge in [-0.25, -0.2) is 4.99 Å². The van der Waals surface area contributed by atoms with E-state index in [1.165, 1.54) is 6.21 Å². The Morgan fingerprint density at radius 1 is 1.42 bits per heavy atom. The lowest BCUT2D eigenvalue weighted by Crippen LogP contribution is -2.05. The smallest absolute Gasteiger partial charge is 0.184 e. The summed E-state index contributed by atoms with van der Waals surface area (Å²) in [7, 11) is 1.60. The number of nitrogens with one attached hydrogen (secondary N) is 2. The molecule has 0 aliphatic heterocycles. The quantitative estimate of drug-likeness (QED) is 0.629. The number of hydrogen-bond acceptors (Lipinski definition) is 4. The van der Waals surface area contributed by atoms with Crippen LogP contribution in [-0.2, 0) is 4.74 Å². The maximum atomic E-state index is 7.41. The van der Waals surface area contributed by atoms with Crippen molar-refractivity contribution >= 4 is 17.8 Å². The summed E-state index contributed by atoms with van der Waals surface area (Å²) < 4.78 is 4.97. The van der Waals surface area contributed by atoms with Crippen molar-refractivity contribution in [3.05, 3.63) is 41.1 Å². The molecule has 0 bridgehead atoms. The van der Waals surface area contributed by atoms with E-state index >= 15 is 0 Å². The van der Waals surface area contributed by atoms with Gasteiger partial charge in [-0.1, -0.05) is 11.6 Å². The first-order valence-electron chi connectivity index (χ1n) is 6.16. The van der Waals surface area contributed by atoms with Crippen molar-refractivity contribution in [3.63, 3.8) is 0 Å². The van der Waals surface area contributed by atoms with Crippen LogP contribution >= 0.6 is 0 Å².